The first-order valence-corrected chi connectivity index (χ1v) is 14.3. The van der Waals surface area contributed by atoms with Crippen molar-refractivity contribution >= 4 is 40.2 Å². The Morgan fingerprint density at radius 3 is 1.24 bits per heavy atom. The zero-order valence-corrected chi connectivity index (χ0v) is 24.4. The molecule has 0 bridgehead atoms. The fraction of sp³-hybridized carbons (Fsp3) is 0.0256. The Kier molecular flexibility index (Phi) is 8.21. The molecule has 0 fully saturated rings. The van der Waals surface area contributed by atoms with E-state index >= 15 is 0 Å². The molecule has 222 valence electrons. The molecular weight excluding hydrogens is 572 g/mol. The van der Waals surface area contributed by atoms with Gasteiger partial charge in [-0.05, 0) is 102 Å². The fourth-order valence-electron chi connectivity index (χ4n) is 5.36. The summed E-state index contributed by atoms with van der Waals surface area (Å²) >= 11 is 0. The molecule has 0 unspecified atom stereocenters. The minimum Gasteiger partial charge on any atom is -0.310 e. The van der Waals surface area contributed by atoms with E-state index < -0.39 is 23.3 Å². The highest BCUT2D eigenvalue weighted by Gasteiger charge is 2.17. The molecule has 0 aliphatic rings. The lowest BCUT2D eigenvalue weighted by molar-refractivity contribution is 0.583. The van der Waals surface area contributed by atoms with E-state index in [2.05, 4.69) is 6.58 Å². The van der Waals surface area contributed by atoms with Gasteiger partial charge in [-0.15, -0.1) is 0 Å². The summed E-state index contributed by atoms with van der Waals surface area (Å²) in [6.45, 7) is 5.76. The Labute approximate surface area is 259 Å². The predicted molar refractivity (Wildman–Crippen MR) is 176 cm³/mol. The Morgan fingerprint density at radius 2 is 0.844 bits per heavy atom. The van der Waals surface area contributed by atoms with Crippen molar-refractivity contribution in [1.29, 1.82) is 0 Å². The first-order chi connectivity index (χ1) is 21.8. The fourth-order valence-corrected chi connectivity index (χ4v) is 5.36. The molecule has 0 saturated carbocycles. The lowest BCUT2D eigenvalue weighted by atomic mass is 10.0. The summed E-state index contributed by atoms with van der Waals surface area (Å²) < 4.78 is 57.0. The van der Waals surface area contributed by atoms with Crippen LogP contribution in [0.25, 0.3) is 17.2 Å². The number of anilines is 6. The van der Waals surface area contributed by atoms with Crippen LogP contribution >= 0.6 is 0 Å². The van der Waals surface area contributed by atoms with Crippen LogP contribution in [0.2, 0.25) is 0 Å². The summed E-state index contributed by atoms with van der Waals surface area (Å²) in [6, 6.07) is 37.5. The van der Waals surface area contributed by atoms with Crippen molar-refractivity contribution in [3.05, 3.63) is 174 Å². The van der Waals surface area contributed by atoms with E-state index in [1.807, 2.05) is 104 Å². The van der Waals surface area contributed by atoms with Crippen molar-refractivity contribution in [1.82, 2.24) is 0 Å². The maximum atomic E-state index is 14.3. The Balaban J connectivity index is 1.35. The monoisotopic (exact) mass is 600 g/mol. The van der Waals surface area contributed by atoms with Gasteiger partial charge in [-0.1, -0.05) is 61.2 Å². The summed E-state index contributed by atoms with van der Waals surface area (Å²) in [7, 11) is 0. The quantitative estimate of drug-likeness (QED) is 0.160. The van der Waals surface area contributed by atoms with Gasteiger partial charge in [-0.25, -0.2) is 17.6 Å². The van der Waals surface area contributed by atoms with Crippen LogP contribution in [0.15, 0.2) is 140 Å². The van der Waals surface area contributed by atoms with Crippen molar-refractivity contribution in [2.45, 2.75) is 6.92 Å². The van der Waals surface area contributed by atoms with Gasteiger partial charge >= 0.3 is 0 Å². The second kappa shape index (κ2) is 12.5. The Bertz CT molecular complexity index is 1930. The standard InChI is InChI=1S/C39H28F4N2/c1-3-27-7-13-34(14-8-27)44(38-22-30(40)20-31(41)23-38)35-15-9-28(10-16-35)29-11-17-36(18-12-29)45(37-6-4-5-26(2)19-37)39-24-32(42)21-33(43)25-39/h3-25H,1H2,2H3. The van der Waals surface area contributed by atoms with Gasteiger partial charge in [0.1, 0.15) is 23.3 Å². The molecule has 0 aliphatic heterocycles. The molecule has 0 N–H and O–H groups in total. The molecule has 45 heavy (non-hydrogen) atoms. The highest BCUT2D eigenvalue weighted by molar-refractivity contribution is 5.81. The van der Waals surface area contributed by atoms with Crippen molar-refractivity contribution < 1.29 is 17.6 Å². The number of benzene rings is 6. The van der Waals surface area contributed by atoms with Crippen LogP contribution in [-0.4, -0.2) is 0 Å². The van der Waals surface area contributed by atoms with E-state index in [9.17, 15) is 17.6 Å². The normalized spacial score (nSPS) is 10.9. The highest BCUT2D eigenvalue weighted by atomic mass is 19.1. The Morgan fingerprint density at radius 1 is 0.444 bits per heavy atom. The summed E-state index contributed by atoms with van der Waals surface area (Å²) in [5.74, 6) is -2.66. The second-order valence-corrected chi connectivity index (χ2v) is 10.7. The summed E-state index contributed by atoms with van der Waals surface area (Å²) in [6.07, 6.45) is 1.73. The lowest BCUT2D eigenvalue weighted by Crippen LogP contribution is -2.11. The lowest BCUT2D eigenvalue weighted by Gasteiger charge is -2.26. The summed E-state index contributed by atoms with van der Waals surface area (Å²) in [4.78, 5) is 3.59. The van der Waals surface area contributed by atoms with E-state index in [-0.39, 0.29) is 0 Å². The average Bonchev–Trinajstić information content (AvgIpc) is 3.02. The number of hydrogen-bond donors (Lipinski definition) is 0. The predicted octanol–water partition coefficient (Wildman–Crippen LogP) is 11.8. The third-order valence-corrected chi connectivity index (χ3v) is 7.44. The van der Waals surface area contributed by atoms with Gasteiger partial charge in [0.25, 0.3) is 0 Å². The van der Waals surface area contributed by atoms with Crippen LogP contribution in [0.5, 0.6) is 0 Å². The van der Waals surface area contributed by atoms with Crippen molar-refractivity contribution in [2.75, 3.05) is 9.80 Å². The smallest absolute Gasteiger partial charge is 0.128 e. The molecule has 0 radical (unpaired) electrons. The topological polar surface area (TPSA) is 6.48 Å². The molecule has 0 atom stereocenters. The third kappa shape index (κ3) is 6.50. The van der Waals surface area contributed by atoms with E-state index in [0.717, 1.165) is 51.4 Å². The Hall–Kier alpha value is -5.62. The highest BCUT2D eigenvalue weighted by Crippen LogP contribution is 2.39. The van der Waals surface area contributed by atoms with Crippen molar-refractivity contribution in [2.24, 2.45) is 0 Å². The van der Waals surface area contributed by atoms with Crippen LogP contribution in [0, 0.1) is 30.2 Å². The zero-order chi connectivity index (χ0) is 31.5. The molecule has 6 aromatic rings. The molecule has 6 heteroatoms. The van der Waals surface area contributed by atoms with Gasteiger partial charge < -0.3 is 9.80 Å². The van der Waals surface area contributed by atoms with Crippen LogP contribution in [-0.2, 0) is 0 Å². The molecular formula is C39H28F4N2. The molecule has 2 nitrogen and oxygen atoms in total. The van der Waals surface area contributed by atoms with Crippen LogP contribution < -0.4 is 9.80 Å². The zero-order valence-electron chi connectivity index (χ0n) is 24.4. The largest absolute Gasteiger partial charge is 0.310 e. The van der Waals surface area contributed by atoms with Gasteiger partial charge in [-0.2, -0.15) is 0 Å². The number of hydrogen-bond acceptors (Lipinski definition) is 2. The molecule has 6 rings (SSSR count). The first-order valence-electron chi connectivity index (χ1n) is 14.3. The third-order valence-electron chi connectivity index (χ3n) is 7.44. The minimum absolute atomic E-state index is 0.348. The van der Waals surface area contributed by atoms with Crippen LogP contribution in [0.3, 0.4) is 0 Å². The van der Waals surface area contributed by atoms with Crippen molar-refractivity contribution in [3.8, 4) is 11.1 Å². The molecule has 6 aromatic carbocycles. The number of aryl methyl sites for hydroxylation is 1. The molecule has 0 saturated heterocycles. The number of rotatable bonds is 8. The first kappa shape index (κ1) is 29.5. The van der Waals surface area contributed by atoms with E-state index in [4.69, 9.17) is 0 Å². The van der Waals surface area contributed by atoms with Gasteiger partial charge in [0, 0.05) is 34.9 Å². The second-order valence-electron chi connectivity index (χ2n) is 10.7. The maximum absolute atomic E-state index is 14.3. The van der Waals surface area contributed by atoms with Crippen molar-refractivity contribution in [3.63, 3.8) is 0 Å². The SMILES string of the molecule is C=Cc1ccc(N(c2ccc(-c3ccc(N(c4cccc(C)c4)c4cc(F)cc(F)c4)cc3)cc2)c2cc(F)cc(F)c2)cc1. The molecule has 0 heterocycles. The van der Waals surface area contributed by atoms with E-state index in [1.165, 1.54) is 24.3 Å². The summed E-state index contributed by atoms with van der Waals surface area (Å²) in [5, 5.41) is 0. The van der Waals surface area contributed by atoms with Gasteiger partial charge in [-0.3, -0.25) is 0 Å². The van der Waals surface area contributed by atoms with Gasteiger partial charge in [0.15, 0.2) is 0 Å². The molecule has 0 aromatic heterocycles. The van der Waals surface area contributed by atoms with E-state index in [0.29, 0.717) is 17.1 Å². The maximum Gasteiger partial charge on any atom is 0.128 e. The van der Waals surface area contributed by atoms with E-state index in [1.54, 1.807) is 15.9 Å². The van der Waals surface area contributed by atoms with Gasteiger partial charge in [0.2, 0.25) is 0 Å². The van der Waals surface area contributed by atoms with Crippen LogP contribution in [0.4, 0.5) is 51.7 Å². The number of halogens is 4. The molecule has 0 spiro atoms. The molecule has 0 aliphatic carbocycles. The number of nitrogens with zero attached hydrogens (tertiary/aromatic N) is 2. The molecule has 0 amide bonds. The van der Waals surface area contributed by atoms with Crippen LogP contribution in [0.1, 0.15) is 11.1 Å². The summed E-state index contributed by atoms with van der Waals surface area (Å²) in [5.41, 5.74) is 7.42. The minimum atomic E-state index is -0.671. The average molecular weight is 601 g/mol. The van der Waals surface area contributed by atoms with Gasteiger partial charge in [0.05, 0.1) is 11.4 Å².